The van der Waals surface area contributed by atoms with Crippen molar-refractivity contribution in [1.82, 2.24) is 15.5 Å². The van der Waals surface area contributed by atoms with Crippen molar-refractivity contribution in [2.45, 2.75) is 18.4 Å². The van der Waals surface area contributed by atoms with Gasteiger partial charge in [-0.05, 0) is 24.5 Å². The van der Waals surface area contributed by atoms with E-state index >= 15 is 0 Å². The van der Waals surface area contributed by atoms with E-state index in [2.05, 4.69) is 27.6 Å². The largest absolute Gasteiger partial charge is 0.341 e. The van der Waals surface area contributed by atoms with Crippen LogP contribution < -0.4 is 5.32 Å². The Morgan fingerprint density at radius 3 is 2.52 bits per heavy atom. The van der Waals surface area contributed by atoms with Crippen LogP contribution in [0.4, 0.5) is 0 Å². The van der Waals surface area contributed by atoms with Crippen molar-refractivity contribution in [3.63, 3.8) is 0 Å². The molecule has 1 aromatic heterocycles. The lowest BCUT2D eigenvalue weighted by Crippen LogP contribution is -2.35. The number of H-pyrrole nitrogens is 1. The number of para-hydroxylation sites is 1. The molecule has 3 aromatic rings. The molecule has 0 aliphatic heterocycles. The third-order valence-electron chi connectivity index (χ3n) is 4.11. The maximum Gasteiger partial charge on any atom is 0.273 e. The molecule has 1 amide bonds. The van der Waals surface area contributed by atoms with Gasteiger partial charge in [0.25, 0.3) is 5.91 Å². The van der Waals surface area contributed by atoms with Gasteiger partial charge >= 0.3 is 0 Å². The van der Waals surface area contributed by atoms with E-state index in [4.69, 9.17) is 0 Å². The summed E-state index contributed by atoms with van der Waals surface area (Å²) in [6, 6.07) is 17.8. The first kappa shape index (κ1) is 12.1. The molecule has 2 aromatic carbocycles. The molecule has 21 heavy (non-hydrogen) atoms. The third kappa shape index (κ3) is 2.00. The molecule has 1 aliphatic carbocycles. The number of aromatic nitrogens is 2. The second-order valence-corrected chi connectivity index (χ2v) is 5.52. The molecule has 0 saturated heterocycles. The number of hydrogen-bond donors (Lipinski definition) is 2. The van der Waals surface area contributed by atoms with E-state index in [0.717, 1.165) is 29.3 Å². The lowest BCUT2D eigenvalue weighted by molar-refractivity contribution is 0.0927. The van der Waals surface area contributed by atoms with Gasteiger partial charge in [-0.3, -0.25) is 9.89 Å². The van der Waals surface area contributed by atoms with Gasteiger partial charge in [0.05, 0.1) is 11.1 Å². The monoisotopic (exact) mass is 277 g/mol. The highest BCUT2D eigenvalue weighted by atomic mass is 16.2. The van der Waals surface area contributed by atoms with Crippen LogP contribution in [-0.4, -0.2) is 16.1 Å². The van der Waals surface area contributed by atoms with Crippen LogP contribution in [0, 0.1) is 0 Å². The molecule has 0 bridgehead atoms. The predicted octanol–water partition coefficient (Wildman–Crippen LogP) is 2.98. The van der Waals surface area contributed by atoms with E-state index in [1.54, 1.807) is 0 Å². The van der Waals surface area contributed by atoms with Gasteiger partial charge in [-0.1, -0.05) is 48.5 Å². The zero-order valence-electron chi connectivity index (χ0n) is 11.5. The first-order valence-electron chi connectivity index (χ1n) is 7.10. The minimum absolute atomic E-state index is 0.117. The van der Waals surface area contributed by atoms with Crippen molar-refractivity contribution in [3.8, 4) is 0 Å². The molecule has 1 aliphatic rings. The Morgan fingerprint density at radius 2 is 1.76 bits per heavy atom. The van der Waals surface area contributed by atoms with Gasteiger partial charge in [-0.2, -0.15) is 5.10 Å². The van der Waals surface area contributed by atoms with Gasteiger partial charge in [0.1, 0.15) is 0 Å². The SMILES string of the molecule is O=C(NC1(c2ccccc2)CC1)c1n[nH]c2ccccc12. The highest BCUT2D eigenvalue weighted by Gasteiger charge is 2.46. The number of aromatic amines is 1. The van der Waals surface area contributed by atoms with E-state index in [0.29, 0.717) is 5.69 Å². The minimum atomic E-state index is -0.210. The van der Waals surface area contributed by atoms with E-state index in [1.165, 1.54) is 0 Å². The fourth-order valence-corrected chi connectivity index (χ4v) is 2.78. The summed E-state index contributed by atoms with van der Waals surface area (Å²) in [6.45, 7) is 0. The standard InChI is InChI=1S/C17H15N3O/c21-16(15-13-8-4-5-9-14(13)19-20-15)18-17(10-11-17)12-6-2-1-3-7-12/h1-9H,10-11H2,(H,18,21)(H,19,20). The number of benzene rings is 2. The minimum Gasteiger partial charge on any atom is -0.341 e. The number of fused-ring (bicyclic) bond motifs is 1. The summed E-state index contributed by atoms with van der Waals surface area (Å²) in [4.78, 5) is 12.6. The number of nitrogens with one attached hydrogen (secondary N) is 2. The summed E-state index contributed by atoms with van der Waals surface area (Å²) in [5, 5.41) is 11.1. The van der Waals surface area contributed by atoms with Gasteiger partial charge in [0.15, 0.2) is 5.69 Å². The number of nitrogens with zero attached hydrogens (tertiary/aromatic N) is 1. The van der Waals surface area contributed by atoms with Crippen LogP contribution in [0.5, 0.6) is 0 Å². The summed E-state index contributed by atoms with van der Waals surface area (Å²) >= 11 is 0. The van der Waals surface area contributed by atoms with E-state index in [9.17, 15) is 4.79 Å². The number of carbonyl (C=O) groups excluding carboxylic acids is 1. The first-order chi connectivity index (χ1) is 10.3. The molecule has 4 nitrogen and oxygen atoms in total. The molecule has 0 unspecified atom stereocenters. The van der Waals surface area contributed by atoms with Crippen LogP contribution in [0.2, 0.25) is 0 Å². The normalized spacial score (nSPS) is 15.8. The fourth-order valence-electron chi connectivity index (χ4n) is 2.78. The van der Waals surface area contributed by atoms with Gasteiger partial charge in [-0.15, -0.1) is 0 Å². The summed E-state index contributed by atoms with van der Waals surface area (Å²) in [6.07, 6.45) is 1.95. The molecule has 1 heterocycles. The second kappa shape index (κ2) is 4.45. The maximum atomic E-state index is 12.6. The van der Waals surface area contributed by atoms with Crippen molar-refractivity contribution in [2.75, 3.05) is 0 Å². The molecule has 4 heteroatoms. The van der Waals surface area contributed by atoms with Crippen LogP contribution in [-0.2, 0) is 5.54 Å². The highest BCUT2D eigenvalue weighted by molar-refractivity contribution is 6.05. The smallest absolute Gasteiger partial charge is 0.273 e. The van der Waals surface area contributed by atoms with Crippen LogP contribution in [0.25, 0.3) is 10.9 Å². The van der Waals surface area contributed by atoms with E-state index in [-0.39, 0.29) is 11.4 Å². The zero-order chi connectivity index (χ0) is 14.3. The zero-order valence-corrected chi connectivity index (χ0v) is 11.5. The Labute approximate surface area is 122 Å². The Morgan fingerprint density at radius 1 is 1.05 bits per heavy atom. The molecule has 4 rings (SSSR count). The lowest BCUT2D eigenvalue weighted by Gasteiger charge is -2.17. The van der Waals surface area contributed by atoms with Crippen molar-refractivity contribution in [2.24, 2.45) is 0 Å². The summed E-state index contributed by atoms with van der Waals surface area (Å²) in [5.74, 6) is -0.117. The average molecular weight is 277 g/mol. The molecule has 104 valence electrons. The summed E-state index contributed by atoms with van der Waals surface area (Å²) < 4.78 is 0. The average Bonchev–Trinajstić information content (AvgIpc) is 3.18. The third-order valence-corrected chi connectivity index (χ3v) is 4.11. The van der Waals surface area contributed by atoms with Gasteiger partial charge < -0.3 is 5.32 Å². The highest BCUT2D eigenvalue weighted by Crippen LogP contribution is 2.45. The van der Waals surface area contributed by atoms with E-state index < -0.39 is 0 Å². The van der Waals surface area contributed by atoms with Crippen molar-refractivity contribution >= 4 is 16.8 Å². The number of amides is 1. The van der Waals surface area contributed by atoms with Gasteiger partial charge in [-0.25, -0.2) is 0 Å². The molecule has 0 radical (unpaired) electrons. The Balaban J connectivity index is 1.65. The molecule has 0 atom stereocenters. The van der Waals surface area contributed by atoms with Crippen molar-refractivity contribution in [1.29, 1.82) is 0 Å². The van der Waals surface area contributed by atoms with Gasteiger partial charge in [0.2, 0.25) is 0 Å². The van der Waals surface area contributed by atoms with Crippen LogP contribution >= 0.6 is 0 Å². The second-order valence-electron chi connectivity index (χ2n) is 5.52. The first-order valence-corrected chi connectivity index (χ1v) is 7.10. The van der Waals surface area contributed by atoms with Crippen molar-refractivity contribution in [3.05, 3.63) is 65.9 Å². The van der Waals surface area contributed by atoms with E-state index in [1.807, 2.05) is 42.5 Å². The number of rotatable bonds is 3. The number of carbonyl (C=O) groups is 1. The Hall–Kier alpha value is -2.62. The van der Waals surface area contributed by atoms with Gasteiger partial charge in [0, 0.05) is 5.39 Å². The number of hydrogen-bond acceptors (Lipinski definition) is 2. The topological polar surface area (TPSA) is 57.8 Å². The predicted molar refractivity (Wildman–Crippen MR) is 80.9 cm³/mol. The molecular formula is C17H15N3O. The quantitative estimate of drug-likeness (QED) is 0.773. The molecular weight excluding hydrogens is 262 g/mol. The lowest BCUT2D eigenvalue weighted by atomic mass is 10.0. The van der Waals surface area contributed by atoms with Crippen LogP contribution in [0.1, 0.15) is 28.9 Å². The molecule has 2 N–H and O–H groups in total. The van der Waals surface area contributed by atoms with Crippen LogP contribution in [0.3, 0.4) is 0 Å². The Bertz CT molecular complexity index is 803. The molecule has 1 fully saturated rings. The fraction of sp³-hybridized carbons (Fsp3) is 0.176. The Kier molecular flexibility index (Phi) is 2.57. The summed E-state index contributed by atoms with van der Waals surface area (Å²) in [5.41, 5.74) is 2.30. The van der Waals surface area contributed by atoms with Crippen molar-refractivity contribution < 1.29 is 4.79 Å². The molecule has 1 saturated carbocycles. The van der Waals surface area contributed by atoms with Crippen LogP contribution in [0.15, 0.2) is 54.6 Å². The molecule has 0 spiro atoms. The summed E-state index contributed by atoms with van der Waals surface area (Å²) in [7, 11) is 0. The maximum absolute atomic E-state index is 12.6.